The molecule has 15 aromatic rings. The first-order valence-corrected chi connectivity index (χ1v) is 30.3. The van der Waals surface area contributed by atoms with E-state index in [-0.39, 0.29) is 6.71 Å². The van der Waals surface area contributed by atoms with E-state index in [0.717, 1.165) is 112 Å². The van der Waals surface area contributed by atoms with Gasteiger partial charge in [0, 0.05) is 78.2 Å². The van der Waals surface area contributed by atoms with Crippen LogP contribution in [0.1, 0.15) is 5.56 Å². The molecule has 2 aliphatic heterocycles. The van der Waals surface area contributed by atoms with Crippen LogP contribution in [0.4, 0.5) is 34.1 Å². The van der Waals surface area contributed by atoms with Crippen molar-refractivity contribution in [1.82, 2.24) is 24.5 Å². The Morgan fingerprint density at radius 3 is 1.43 bits per heavy atom. The van der Waals surface area contributed by atoms with Crippen LogP contribution in [0.2, 0.25) is 0 Å². The summed E-state index contributed by atoms with van der Waals surface area (Å²) in [4.78, 5) is 26.9. The molecular weight excluding hydrogens is 1080 g/mol. The van der Waals surface area contributed by atoms with Gasteiger partial charge in [0.2, 0.25) is 0 Å². The van der Waals surface area contributed by atoms with Crippen LogP contribution in [0.25, 0.3) is 106 Å². The summed E-state index contributed by atoms with van der Waals surface area (Å²) in [5.41, 5.74) is 26.0. The highest BCUT2D eigenvalue weighted by molar-refractivity contribution is 7.00. The third-order valence-electron chi connectivity index (χ3n) is 17.6. The minimum Gasteiger partial charge on any atom is -0.311 e. The molecule has 0 spiro atoms. The average molecular weight is 1140 g/mol. The molecule has 0 radical (unpaired) electrons. The first kappa shape index (κ1) is 51.7. The number of nitrogens with zero attached hydrogens (tertiary/aromatic N) is 7. The Hall–Kier alpha value is -11.7. The highest BCUT2D eigenvalue weighted by Gasteiger charge is 2.44. The van der Waals surface area contributed by atoms with Crippen LogP contribution in [-0.4, -0.2) is 31.2 Å². The zero-order chi connectivity index (χ0) is 58.9. The number of hydrogen-bond donors (Lipinski definition) is 0. The van der Waals surface area contributed by atoms with Gasteiger partial charge in [-0.1, -0.05) is 224 Å². The number of aryl methyl sites for hydroxylation is 1. The van der Waals surface area contributed by atoms with Gasteiger partial charge in [-0.25, -0.2) is 19.9 Å². The Balaban J connectivity index is 0.901. The summed E-state index contributed by atoms with van der Waals surface area (Å²) in [5, 5.41) is 2.36. The summed E-state index contributed by atoms with van der Waals surface area (Å²) >= 11 is 0. The Bertz CT molecular complexity index is 5160. The topological polar surface area (TPSA) is 63.0 Å². The van der Waals surface area contributed by atoms with Crippen molar-refractivity contribution in [2.45, 2.75) is 6.92 Å². The second kappa shape index (κ2) is 21.3. The summed E-state index contributed by atoms with van der Waals surface area (Å²) in [5.74, 6) is 1.23. The molecule has 0 saturated carbocycles. The Morgan fingerprint density at radius 1 is 0.292 bits per heavy atom. The number of rotatable bonds is 10. The minimum absolute atomic E-state index is 0.0333. The highest BCUT2D eigenvalue weighted by Crippen LogP contribution is 2.49. The zero-order valence-corrected chi connectivity index (χ0v) is 48.7. The van der Waals surface area contributed by atoms with E-state index < -0.39 is 0 Å². The molecule has 8 heteroatoms. The Kier molecular flexibility index (Phi) is 12.4. The molecule has 89 heavy (non-hydrogen) atoms. The van der Waals surface area contributed by atoms with Gasteiger partial charge in [0.05, 0.1) is 45.2 Å². The third kappa shape index (κ3) is 8.83. The molecular formula is C81H54BN7. The van der Waals surface area contributed by atoms with E-state index in [9.17, 15) is 0 Å². The number of para-hydroxylation sites is 5. The number of aromatic nitrogens is 5. The van der Waals surface area contributed by atoms with Crippen molar-refractivity contribution in [3.05, 3.63) is 315 Å². The van der Waals surface area contributed by atoms with Crippen LogP contribution in [0.15, 0.2) is 309 Å². The smallest absolute Gasteiger partial charge is 0.252 e. The van der Waals surface area contributed by atoms with Crippen molar-refractivity contribution < 1.29 is 0 Å². The maximum Gasteiger partial charge on any atom is 0.252 e. The monoisotopic (exact) mass is 1140 g/mol. The molecule has 0 saturated heterocycles. The van der Waals surface area contributed by atoms with Crippen LogP contribution in [0.3, 0.4) is 0 Å². The van der Waals surface area contributed by atoms with E-state index in [0.29, 0.717) is 11.6 Å². The van der Waals surface area contributed by atoms with Crippen molar-refractivity contribution in [2.24, 2.45) is 0 Å². The molecule has 3 aromatic heterocycles. The molecule has 0 amide bonds. The van der Waals surface area contributed by atoms with Crippen LogP contribution in [0.5, 0.6) is 0 Å². The fourth-order valence-electron chi connectivity index (χ4n) is 13.7. The minimum atomic E-state index is -0.0333. The van der Waals surface area contributed by atoms with Crippen LogP contribution < -0.4 is 26.2 Å². The van der Waals surface area contributed by atoms with Gasteiger partial charge < -0.3 is 14.4 Å². The SMILES string of the molecule is Cc1ccc2c(c1)c1ccccc1n2-c1ccc(-c2cc(-c3ccccc3)nc(-c3ccccc3)n2)cc1-c1nc(-c2ccccc2)cc(-c2cccc(-c3ccc4c5c3N(c3ccccc3)c3ccccc3B5c3ccccc3N4c3ccccc3)c2)n1. The second-order valence-corrected chi connectivity index (χ2v) is 23.0. The first-order chi connectivity index (χ1) is 44.1. The predicted molar refractivity (Wildman–Crippen MR) is 369 cm³/mol. The molecule has 416 valence electrons. The molecule has 0 fully saturated rings. The van der Waals surface area contributed by atoms with Gasteiger partial charge in [-0.3, -0.25) is 0 Å². The summed E-state index contributed by atoms with van der Waals surface area (Å²) in [6.45, 7) is 2.13. The lowest BCUT2D eigenvalue weighted by Crippen LogP contribution is -2.61. The molecule has 0 unspecified atom stereocenters. The molecule has 12 aromatic carbocycles. The van der Waals surface area contributed by atoms with E-state index >= 15 is 0 Å². The van der Waals surface area contributed by atoms with Gasteiger partial charge in [0.25, 0.3) is 6.71 Å². The standard InChI is InChI=1S/C81H54BN7/c1-53-42-45-73-64(48-53)63-36-17-20-39-72(63)89(73)74-46-43-59(71-51-68(54-24-7-2-8-25-54)83-80(84-71)56-28-11-4-12-29-56)50-65(74)81-85-69(55-26-9-3-10-27-55)52-70(86-81)58-31-23-30-57(49-58)62-44-47-77-78-79(62)88(61-34-15-6-16-35-61)76-41-22-19-38-67(76)82(78)66-37-18-21-40-75(66)87(77)60-32-13-5-14-33-60/h2-52H,1H3. The Morgan fingerprint density at radius 2 is 0.775 bits per heavy atom. The van der Waals surface area contributed by atoms with E-state index in [4.69, 9.17) is 19.9 Å². The van der Waals surface area contributed by atoms with Crippen molar-refractivity contribution >= 4 is 79.0 Å². The normalized spacial score (nSPS) is 12.3. The highest BCUT2D eigenvalue weighted by atomic mass is 15.2. The van der Waals surface area contributed by atoms with Crippen molar-refractivity contribution in [1.29, 1.82) is 0 Å². The Labute approximate surface area is 516 Å². The fraction of sp³-hybridized carbons (Fsp3) is 0.0123. The summed E-state index contributed by atoms with van der Waals surface area (Å²) in [7, 11) is 0. The molecule has 0 N–H and O–H groups in total. The predicted octanol–water partition coefficient (Wildman–Crippen LogP) is 18.4. The lowest BCUT2D eigenvalue weighted by molar-refractivity contribution is 1.13. The fourth-order valence-corrected chi connectivity index (χ4v) is 13.7. The lowest BCUT2D eigenvalue weighted by atomic mass is 9.33. The maximum atomic E-state index is 5.77. The van der Waals surface area contributed by atoms with Crippen molar-refractivity contribution in [3.8, 4) is 84.6 Å². The number of anilines is 6. The van der Waals surface area contributed by atoms with E-state index in [1.165, 1.54) is 38.4 Å². The molecule has 5 heterocycles. The van der Waals surface area contributed by atoms with E-state index in [2.05, 4.69) is 306 Å². The van der Waals surface area contributed by atoms with Gasteiger partial charge in [-0.05, 0) is 120 Å². The maximum absolute atomic E-state index is 5.77. The number of benzene rings is 12. The zero-order valence-electron chi connectivity index (χ0n) is 48.7. The van der Waals surface area contributed by atoms with Gasteiger partial charge >= 0.3 is 0 Å². The summed E-state index contributed by atoms with van der Waals surface area (Å²) in [6.07, 6.45) is 0. The first-order valence-electron chi connectivity index (χ1n) is 30.3. The van der Waals surface area contributed by atoms with Crippen molar-refractivity contribution in [3.63, 3.8) is 0 Å². The molecule has 17 rings (SSSR count). The third-order valence-corrected chi connectivity index (χ3v) is 17.6. The van der Waals surface area contributed by atoms with Gasteiger partial charge in [0.1, 0.15) is 0 Å². The van der Waals surface area contributed by atoms with Gasteiger partial charge in [-0.2, -0.15) is 0 Å². The quantitative estimate of drug-likeness (QED) is 0.127. The second-order valence-electron chi connectivity index (χ2n) is 23.0. The number of hydrogen-bond acceptors (Lipinski definition) is 6. The van der Waals surface area contributed by atoms with Gasteiger partial charge in [-0.15, -0.1) is 0 Å². The van der Waals surface area contributed by atoms with Crippen LogP contribution >= 0.6 is 0 Å². The number of fused-ring (bicyclic) bond motifs is 7. The summed E-state index contributed by atoms with van der Waals surface area (Å²) in [6, 6.07) is 111. The van der Waals surface area contributed by atoms with Crippen molar-refractivity contribution in [2.75, 3.05) is 9.80 Å². The molecule has 2 aliphatic rings. The molecule has 0 aliphatic carbocycles. The summed E-state index contributed by atoms with van der Waals surface area (Å²) < 4.78 is 2.38. The molecule has 0 bridgehead atoms. The molecule has 7 nitrogen and oxygen atoms in total. The largest absolute Gasteiger partial charge is 0.311 e. The van der Waals surface area contributed by atoms with E-state index in [1.807, 2.05) is 24.3 Å². The van der Waals surface area contributed by atoms with E-state index in [1.54, 1.807) is 0 Å². The average Bonchev–Trinajstić information content (AvgIpc) is 1.25. The van der Waals surface area contributed by atoms with Crippen LogP contribution in [-0.2, 0) is 0 Å². The molecule has 0 atom stereocenters. The van der Waals surface area contributed by atoms with Gasteiger partial charge in [0.15, 0.2) is 11.6 Å². The van der Waals surface area contributed by atoms with Crippen LogP contribution in [0, 0.1) is 6.92 Å². The lowest BCUT2D eigenvalue weighted by Gasteiger charge is -2.45.